The van der Waals surface area contributed by atoms with Gasteiger partial charge in [0.25, 0.3) is 0 Å². The van der Waals surface area contributed by atoms with Crippen LogP contribution in [-0.2, 0) is 9.53 Å². The van der Waals surface area contributed by atoms with Crippen LogP contribution in [0.3, 0.4) is 0 Å². The summed E-state index contributed by atoms with van der Waals surface area (Å²) in [5.41, 5.74) is 3.08. The average Bonchev–Trinajstić information content (AvgIpc) is 2.97. The summed E-state index contributed by atoms with van der Waals surface area (Å²) in [6.45, 7) is 3.31. The highest BCUT2D eigenvalue weighted by Crippen LogP contribution is 2.28. The van der Waals surface area contributed by atoms with Crippen LogP contribution in [-0.4, -0.2) is 28.1 Å². The van der Waals surface area contributed by atoms with Crippen molar-refractivity contribution in [3.63, 3.8) is 0 Å². The van der Waals surface area contributed by atoms with Crippen molar-refractivity contribution in [3.05, 3.63) is 48.0 Å². The number of hydrogen-bond donors (Lipinski definition) is 0. The largest absolute Gasteiger partial charge is 0.424 e. The van der Waals surface area contributed by atoms with Crippen molar-refractivity contribution < 1.29 is 14.3 Å². The molecule has 2 aromatic carbocycles. The Morgan fingerprint density at radius 1 is 1.13 bits per heavy atom. The number of hydrogen-bond acceptors (Lipinski definition) is 5. The minimum absolute atomic E-state index is 0.0925. The van der Waals surface area contributed by atoms with E-state index in [9.17, 15) is 4.79 Å². The molecule has 23 heavy (non-hydrogen) atoms. The van der Waals surface area contributed by atoms with Gasteiger partial charge in [-0.2, -0.15) is 0 Å². The monoisotopic (exact) mass is 311 g/mol. The third-order valence-corrected chi connectivity index (χ3v) is 3.56. The normalized spacial score (nSPS) is 12.3. The molecular weight excluding hydrogens is 294 g/mol. The Labute approximate surface area is 133 Å². The number of nitrogens with zero attached hydrogens (tertiary/aromatic N) is 3. The predicted octanol–water partition coefficient (Wildman–Crippen LogP) is 3.05. The zero-order chi connectivity index (χ0) is 16.4. The van der Waals surface area contributed by atoms with Crippen molar-refractivity contribution in [2.45, 2.75) is 20.0 Å². The first kappa shape index (κ1) is 15.2. The Balaban J connectivity index is 2.14. The van der Waals surface area contributed by atoms with E-state index in [2.05, 4.69) is 10.2 Å². The molecule has 0 N–H and O–H groups in total. The van der Waals surface area contributed by atoms with Crippen LogP contribution in [0, 0.1) is 0 Å². The first-order chi connectivity index (χ1) is 11.1. The van der Waals surface area contributed by atoms with Gasteiger partial charge in [0.05, 0.1) is 6.10 Å². The van der Waals surface area contributed by atoms with E-state index in [4.69, 9.17) is 9.47 Å². The Hall–Kier alpha value is -2.73. The smallest absolute Gasteiger partial charge is 0.308 e. The molecule has 0 amide bonds. The van der Waals surface area contributed by atoms with Crippen LogP contribution < -0.4 is 4.74 Å². The molecule has 0 aliphatic carbocycles. The second-order valence-corrected chi connectivity index (χ2v) is 5.18. The first-order valence-electron chi connectivity index (χ1n) is 7.26. The predicted molar refractivity (Wildman–Crippen MR) is 85.6 cm³/mol. The molecule has 0 aliphatic rings. The maximum absolute atomic E-state index is 11.3. The van der Waals surface area contributed by atoms with Crippen LogP contribution in [0.1, 0.15) is 25.5 Å². The van der Waals surface area contributed by atoms with E-state index in [0.717, 1.165) is 16.6 Å². The Morgan fingerprint density at radius 2 is 1.78 bits per heavy atom. The number of methoxy groups -OCH3 is 1. The van der Waals surface area contributed by atoms with Crippen LogP contribution in [0.15, 0.2) is 42.5 Å². The Bertz CT molecular complexity index is 824. The zero-order valence-electron chi connectivity index (χ0n) is 13.2. The quantitative estimate of drug-likeness (QED) is 0.547. The number of carbonyl (C=O) groups is 1. The van der Waals surface area contributed by atoms with Crippen molar-refractivity contribution in [3.8, 4) is 11.4 Å². The lowest BCUT2D eigenvalue weighted by molar-refractivity contribution is -0.131. The summed E-state index contributed by atoms with van der Waals surface area (Å²) in [4.78, 5) is 12.8. The fraction of sp³-hybridized carbons (Fsp3) is 0.235. The maximum Gasteiger partial charge on any atom is 0.308 e. The van der Waals surface area contributed by atoms with E-state index in [0.29, 0.717) is 11.4 Å². The summed E-state index contributed by atoms with van der Waals surface area (Å²) >= 11 is 0. The van der Waals surface area contributed by atoms with Gasteiger partial charge in [0, 0.05) is 14.0 Å². The van der Waals surface area contributed by atoms with Gasteiger partial charge in [0.2, 0.25) is 0 Å². The van der Waals surface area contributed by atoms with Gasteiger partial charge in [-0.3, -0.25) is 4.79 Å². The summed E-state index contributed by atoms with van der Waals surface area (Å²) in [6, 6.07) is 13.0. The number of esters is 1. The molecule has 0 saturated heterocycles. The van der Waals surface area contributed by atoms with Crippen LogP contribution >= 0.6 is 0 Å². The highest BCUT2D eigenvalue weighted by molar-refractivity contribution is 5.74. The lowest BCUT2D eigenvalue weighted by Crippen LogP contribution is -2.08. The van der Waals surface area contributed by atoms with E-state index in [-0.39, 0.29) is 6.10 Å². The van der Waals surface area contributed by atoms with Crippen molar-refractivity contribution in [1.82, 2.24) is 15.0 Å². The molecule has 6 nitrogen and oxygen atoms in total. The molecule has 6 heteroatoms. The zero-order valence-corrected chi connectivity index (χ0v) is 13.2. The summed E-state index contributed by atoms with van der Waals surface area (Å²) < 4.78 is 10.6. The van der Waals surface area contributed by atoms with E-state index in [1.165, 1.54) is 11.7 Å². The molecule has 1 aromatic heterocycles. The first-order valence-corrected chi connectivity index (χ1v) is 7.26. The van der Waals surface area contributed by atoms with E-state index in [1.54, 1.807) is 13.2 Å². The minimum Gasteiger partial charge on any atom is -0.424 e. The minimum atomic E-state index is -0.393. The Morgan fingerprint density at radius 3 is 2.35 bits per heavy atom. The van der Waals surface area contributed by atoms with Crippen LogP contribution in [0.4, 0.5) is 0 Å². The standard InChI is InChI=1S/C17H17N3O3/c1-11(22-3)13-8-9-17(23-12(2)21)16(10-13)20-18-14-6-4-5-7-15(14)19-20/h4-11H,1-3H3. The van der Waals surface area contributed by atoms with Gasteiger partial charge in [0.15, 0.2) is 5.75 Å². The van der Waals surface area contributed by atoms with Crippen molar-refractivity contribution in [1.29, 1.82) is 0 Å². The Kier molecular flexibility index (Phi) is 4.08. The molecule has 0 radical (unpaired) electrons. The number of rotatable bonds is 4. The number of fused-ring (bicyclic) bond motifs is 1. The molecule has 1 atom stereocenters. The van der Waals surface area contributed by atoms with Gasteiger partial charge >= 0.3 is 5.97 Å². The van der Waals surface area contributed by atoms with Crippen LogP contribution in [0.25, 0.3) is 16.7 Å². The lowest BCUT2D eigenvalue weighted by Gasteiger charge is -2.14. The summed E-state index contributed by atoms with van der Waals surface area (Å²) in [6.07, 6.45) is -0.0925. The molecule has 1 heterocycles. The molecule has 0 saturated carbocycles. The number of ether oxygens (including phenoxy) is 2. The van der Waals surface area contributed by atoms with E-state index < -0.39 is 5.97 Å². The fourth-order valence-corrected chi connectivity index (χ4v) is 2.29. The molecule has 0 fully saturated rings. The SMILES string of the molecule is COC(C)c1ccc(OC(C)=O)c(-n2nc3ccccc3n2)c1. The van der Waals surface area contributed by atoms with Gasteiger partial charge in [0.1, 0.15) is 16.7 Å². The summed E-state index contributed by atoms with van der Waals surface area (Å²) in [5, 5.41) is 8.90. The topological polar surface area (TPSA) is 66.2 Å². The molecule has 118 valence electrons. The molecule has 3 rings (SSSR count). The fourth-order valence-electron chi connectivity index (χ4n) is 2.29. The summed E-state index contributed by atoms with van der Waals surface area (Å²) in [5.74, 6) is 0.0142. The van der Waals surface area contributed by atoms with E-state index >= 15 is 0 Å². The summed E-state index contributed by atoms with van der Waals surface area (Å²) in [7, 11) is 1.64. The highest BCUT2D eigenvalue weighted by Gasteiger charge is 2.15. The van der Waals surface area contributed by atoms with Gasteiger partial charge in [-0.1, -0.05) is 18.2 Å². The van der Waals surface area contributed by atoms with Crippen molar-refractivity contribution >= 4 is 17.0 Å². The third kappa shape index (κ3) is 3.07. The van der Waals surface area contributed by atoms with Gasteiger partial charge in [-0.05, 0) is 36.8 Å². The second-order valence-electron chi connectivity index (χ2n) is 5.18. The molecule has 0 bridgehead atoms. The van der Waals surface area contributed by atoms with Gasteiger partial charge in [-0.25, -0.2) is 0 Å². The van der Waals surface area contributed by atoms with E-state index in [1.807, 2.05) is 43.3 Å². The maximum atomic E-state index is 11.3. The molecular formula is C17H17N3O3. The van der Waals surface area contributed by atoms with Crippen LogP contribution in [0.2, 0.25) is 0 Å². The van der Waals surface area contributed by atoms with Gasteiger partial charge < -0.3 is 9.47 Å². The third-order valence-electron chi connectivity index (χ3n) is 3.56. The van der Waals surface area contributed by atoms with Crippen LogP contribution in [0.5, 0.6) is 5.75 Å². The van der Waals surface area contributed by atoms with Crippen molar-refractivity contribution in [2.75, 3.05) is 7.11 Å². The molecule has 3 aromatic rings. The number of aromatic nitrogens is 3. The highest BCUT2D eigenvalue weighted by atomic mass is 16.5. The second kappa shape index (κ2) is 6.18. The molecule has 1 unspecified atom stereocenters. The lowest BCUT2D eigenvalue weighted by atomic mass is 10.1. The molecule has 0 spiro atoms. The van der Waals surface area contributed by atoms with Crippen molar-refractivity contribution in [2.24, 2.45) is 0 Å². The number of carbonyl (C=O) groups excluding carboxylic acids is 1. The number of benzene rings is 2. The average molecular weight is 311 g/mol. The van der Waals surface area contributed by atoms with Gasteiger partial charge in [-0.15, -0.1) is 15.0 Å². The molecule has 0 aliphatic heterocycles.